The van der Waals surface area contributed by atoms with Crippen molar-refractivity contribution >= 4 is 30.0 Å². The molecule has 5 atom stereocenters. The van der Waals surface area contributed by atoms with Gasteiger partial charge in [-0.1, -0.05) is 30.3 Å². The Balaban J connectivity index is 1.63. The van der Waals surface area contributed by atoms with Crippen LogP contribution in [0.5, 0.6) is 0 Å². The predicted molar refractivity (Wildman–Crippen MR) is 130 cm³/mol. The highest BCUT2D eigenvalue weighted by atomic mass is 16.6. The van der Waals surface area contributed by atoms with Gasteiger partial charge in [-0.05, 0) is 33.3 Å². The Labute approximate surface area is 215 Å². The summed E-state index contributed by atoms with van der Waals surface area (Å²) in [6.45, 7) is 6.51. The van der Waals surface area contributed by atoms with Gasteiger partial charge in [-0.3, -0.25) is 14.4 Å². The number of hydrogen-bond acceptors (Lipinski definition) is 8. The molecule has 3 N–H and O–H groups in total. The van der Waals surface area contributed by atoms with Crippen molar-refractivity contribution in [2.24, 2.45) is 11.8 Å². The number of esters is 1. The normalized spacial score (nSPS) is 22.7. The summed E-state index contributed by atoms with van der Waals surface area (Å²) in [5, 5.41) is 7.75. The van der Waals surface area contributed by atoms with E-state index in [9.17, 15) is 24.0 Å². The average molecular weight is 519 g/mol. The van der Waals surface area contributed by atoms with Crippen molar-refractivity contribution in [1.29, 1.82) is 0 Å². The van der Waals surface area contributed by atoms with Crippen LogP contribution in [0, 0.1) is 11.8 Å². The van der Waals surface area contributed by atoms with E-state index in [2.05, 4.69) is 20.7 Å². The molecule has 202 valence electrons. The molecular weight excluding hydrogens is 484 g/mol. The molecule has 12 nitrogen and oxygen atoms in total. The van der Waals surface area contributed by atoms with Crippen molar-refractivity contribution in [3.8, 4) is 0 Å². The van der Waals surface area contributed by atoms with Crippen molar-refractivity contribution in [1.82, 2.24) is 20.9 Å². The Hall–Kier alpha value is -3.83. The zero-order valence-corrected chi connectivity index (χ0v) is 21.6. The topological polar surface area (TPSA) is 152 Å². The monoisotopic (exact) mass is 518 g/mol. The van der Waals surface area contributed by atoms with Gasteiger partial charge in [0.25, 0.3) is 0 Å². The predicted octanol–water partition coefficient (Wildman–Crippen LogP) is 0.941. The van der Waals surface area contributed by atoms with Crippen LogP contribution in [-0.2, 0) is 35.2 Å². The summed E-state index contributed by atoms with van der Waals surface area (Å²) in [5.74, 6) is -2.24. The number of fused-ring (bicyclic) bond motifs is 1. The molecule has 1 aliphatic carbocycles. The van der Waals surface area contributed by atoms with Crippen LogP contribution >= 0.6 is 0 Å². The molecule has 0 spiro atoms. The number of hydrogen-bond donors (Lipinski definition) is 3. The van der Waals surface area contributed by atoms with Crippen molar-refractivity contribution in [3.63, 3.8) is 0 Å². The first-order valence-corrected chi connectivity index (χ1v) is 12.0. The molecule has 1 saturated heterocycles. The highest BCUT2D eigenvalue weighted by Crippen LogP contribution is 2.50. The van der Waals surface area contributed by atoms with E-state index in [0.717, 1.165) is 5.56 Å². The van der Waals surface area contributed by atoms with Gasteiger partial charge in [0.05, 0.1) is 7.11 Å². The maximum atomic E-state index is 13.2. The summed E-state index contributed by atoms with van der Waals surface area (Å²) in [6.07, 6.45) is -1.39. The maximum absolute atomic E-state index is 13.2. The van der Waals surface area contributed by atoms with Gasteiger partial charge < -0.3 is 35.1 Å². The summed E-state index contributed by atoms with van der Waals surface area (Å²) < 4.78 is 15.0. The van der Waals surface area contributed by atoms with Crippen molar-refractivity contribution in [3.05, 3.63) is 35.9 Å². The lowest BCUT2D eigenvalue weighted by Crippen LogP contribution is -2.56. The van der Waals surface area contributed by atoms with E-state index < -0.39 is 47.7 Å². The Morgan fingerprint density at radius 1 is 1.08 bits per heavy atom. The van der Waals surface area contributed by atoms with Gasteiger partial charge in [0.15, 0.2) is 0 Å². The number of amides is 4. The SMILES string of the molecule is COC(=O)CNC(=O)[C@@H]1[C@@H]2[C@H](CN1C(=O)[C@H](C)NC(=O)OC(C)(C)C)[C@H]2NC(=O)OCc1ccccc1. The number of ether oxygens (including phenoxy) is 3. The van der Waals surface area contributed by atoms with Gasteiger partial charge in [-0.15, -0.1) is 0 Å². The lowest BCUT2D eigenvalue weighted by Gasteiger charge is -2.31. The summed E-state index contributed by atoms with van der Waals surface area (Å²) >= 11 is 0. The molecule has 4 amide bonds. The fourth-order valence-corrected chi connectivity index (χ4v) is 4.39. The third kappa shape index (κ3) is 7.34. The Bertz CT molecular complexity index is 1030. The molecule has 0 aromatic heterocycles. The number of piperidine rings is 1. The second-order valence-electron chi connectivity index (χ2n) is 10.1. The number of benzene rings is 1. The molecule has 1 aromatic carbocycles. The third-order valence-corrected chi connectivity index (χ3v) is 6.12. The van der Waals surface area contributed by atoms with Crippen LogP contribution in [0.15, 0.2) is 30.3 Å². The van der Waals surface area contributed by atoms with Crippen LogP contribution in [0.25, 0.3) is 0 Å². The molecule has 1 aromatic rings. The van der Waals surface area contributed by atoms with Gasteiger partial charge >= 0.3 is 18.2 Å². The number of likely N-dealkylation sites (tertiary alicyclic amines) is 1. The largest absolute Gasteiger partial charge is 0.468 e. The average Bonchev–Trinajstić information content (AvgIpc) is 3.32. The third-order valence-electron chi connectivity index (χ3n) is 6.12. The molecule has 12 heteroatoms. The smallest absolute Gasteiger partial charge is 0.408 e. The number of nitrogens with zero attached hydrogens (tertiary/aromatic N) is 1. The van der Waals surface area contributed by atoms with E-state index >= 15 is 0 Å². The van der Waals surface area contributed by atoms with Crippen LogP contribution in [0.4, 0.5) is 9.59 Å². The van der Waals surface area contributed by atoms with Gasteiger partial charge in [0.1, 0.15) is 30.8 Å². The number of alkyl carbamates (subject to hydrolysis) is 2. The van der Waals surface area contributed by atoms with Crippen LogP contribution < -0.4 is 16.0 Å². The van der Waals surface area contributed by atoms with Crippen molar-refractivity contribution in [2.75, 3.05) is 20.2 Å². The highest BCUT2D eigenvalue weighted by Gasteiger charge is 2.65. The molecule has 1 aliphatic heterocycles. The minimum absolute atomic E-state index is 0.0935. The molecular formula is C25H34N4O8. The maximum Gasteiger partial charge on any atom is 0.408 e. The van der Waals surface area contributed by atoms with E-state index in [1.807, 2.05) is 30.3 Å². The fraction of sp³-hybridized carbons (Fsp3) is 0.560. The minimum Gasteiger partial charge on any atom is -0.468 e. The molecule has 3 rings (SSSR count). The molecule has 0 bridgehead atoms. The van der Waals surface area contributed by atoms with Gasteiger partial charge in [0, 0.05) is 24.4 Å². The molecule has 2 fully saturated rings. The van der Waals surface area contributed by atoms with Gasteiger partial charge in [-0.2, -0.15) is 0 Å². The van der Waals surface area contributed by atoms with E-state index in [4.69, 9.17) is 9.47 Å². The van der Waals surface area contributed by atoms with Crippen molar-refractivity contribution in [2.45, 2.75) is 58.0 Å². The Kier molecular flexibility index (Phi) is 8.61. The first kappa shape index (κ1) is 27.8. The second-order valence-corrected chi connectivity index (χ2v) is 10.1. The summed E-state index contributed by atoms with van der Waals surface area (Å²) in [7, 11) is 1.20. The molecule has 0 radical (unpaired) electrons. The number of rotatable bonds is 8. The summed E-state index contributed by atoms with van der Waals surface area (Å²) in [4.78, 5) is 63.6. The lowest BCUT2D eigenvalue weighted by atomic mass is 10.1. The zero-order chi connectivity index (χ0) is 27.3. The van der Waals surface area contributed by atoms with Crippen LogP contribution in [-0.4, -0.2) is 78.8 Å². The van der Waals surface area contributed by atoms with E-state index in [1.165, 1.54) is 18.9 Å². The first-order chi connectivity index (χ1) is 17.4. The first-order valence-electron chi connectivity index (χ1n) is 12.0. The van der Waals surface area contributed by atoms with E-state index in [1.54, 1.807) is 20.8 Å². The molecule has 2 aliphatic rings. The number of nitrogens with one attached hydrogen (secondary N) is 3. The Morgan fingerprint density at radius 3 is 2.38 bits per heavy atom. The number of carbonyl (C=O) groups is 5. The van der Waals surface area contributed by atoms with Gasteiger partial charge in [-0.25, -0.2) is 9.59 Å². The van der Waals surface area contributed by atoms with Crippen LogP contribution in [0.2, 0.25) is 0 Å². The highest BCUT2D eigenvalue weighted by molar-refractivity contribution is 5.94. The molecule has 1 heterocycles. The minimum atomic E-state index is -0.967. The molecule has 37 heavy (non-hydrogen) atoms. The lowest BCUT2D eigenvalue weighted by molar-refractivity contribution is -0.143. The standard InChI is InChI=1S/C25H34N4O8/c1-14(27-24(34)37-25(2,3)4)22(32)29-12-16-18(20(29)21(31)26-11-17(30)35-5)19(16)28-23(33)36-13-15-9-7-6-8-10-15/h6-10,14,16,18-20H,11-13H2,1-5H3,(H,26,31)(H,27,34)(H,28,33)/t14-,16-,18+,19+,20-/m0/s1. The van der Waals surface area contributed by atoms with Crippen LogP contribution in [0.3, 0.4) is 0 Å². The number of carbonyl (C=O) groups excluding carboxylic acids is 5. The second kappa shape index (κ2) is 11.5. The summed E-state index contributed by atoms with van der Waals surface area (Å²) in [6, 6.07) is 6.89. The Morgan fingerprint density at radius 2 is 1.76 bits per heavy atom. The zero-order valence-electron chi connectivity index (χ0n) is 21.6. The van der Waals surface area contributed by atoms with Crippen LogP contribution in [0.1, 0.15) is 33.3 Å². The quantitative estimate of drug-likeness (QED) is 0.340. The van der Waals surface area contributed by atoms with Gasteiger partial charge in [0.2, 0.25) is 11.8 Å². The number of methoxy groups -OCH3 is 1. The molecule has 1 saturated carbocycles. The van der Waals surface area contributed by atoms with E-state index in [0.29, 0.717) is 0 Å². The summed E-state index contributed by atoms with van der Waals surface area (Å²) in [5.41, 5.74) is 0.0869. The fourth-order valence-electron chi connectivity index (χ4n) is 4.39. The molecule has 0 unspecified atom stereocenters. The van der Waals surface area contributed by atoms with E-state index in [-0.39, 0.29) is 37.6 Å². The van der Waals surface area contributed by atoms with Crippen molar-refractivity contribution < 1.29 is 38.2 Å².